The fourth-order valence-corrected chi connectivity index (χ4v) is 2.42. The van der Waals surface area contributed by atoms with E-state index in [2.05, 4.69) is 5.32 Å². The number of ether oxygens (including phenoxy) is 2. The number of benzene rings is 2. The van der Waals surface area contributed by atoms with Gasteiger partial charge >= 0.3 is 6.18 Å². The van der Waals surface area contributed by atoms with E-state index in [1.54, 1.807) is 19.1 Å². The maximum absolute atomic E-state index is 13.0. The Labute approximate surface area is 143 Å². The lowest BCUT2D eigenvalue weighted by molar-refractivity contribution is -0.137. The number of carbonyl (C=O) groups excluding carboxylic acids is 1. The van der Waals surface area contributed by atoms with Crippen LogP contribution in [0.15, 0.2) is 36.4 Å². The van der Waals surface area contributed by atoms with Crippen molar-refractivity contribution in [1.82, 2.24) is 0 Å². The van der Waals surface area contributed by atoms with Gasteiger partial charge in [0.15, 0.2) is 11.5 Å². The van der Waals surface area contributed by atoms with Crippen molar-refractivity contribution in [3.05, 3.63) is 53.1 Å². The molecule has 134 valence electrons. The first-order chi connectivity index (χ1) is 11.8. The lowest BCUT2D eigenvalue weighted by Crippen LogP contribution is -2.18. The van der Waals surface area contributed by atoms with E-state index >= 15 is 0 Å². The molecule has 7 heteroatoms. The summed E-state index contributed by atoms with van der Waals surface area (Å²) in [5.74, 6) is 0.421. The highest BCUT2D eigenvalue weighted by Crippen LogP contribution is 2.35. The van der Waals surface area contributed by atoms with Crippen molar-refractivity contribution in [2.45, 2.75) is 19.5 Å². The SMILES string of the molecule is COc1cc(C)c(CC(=O)Nc2ccccc2C(F)(F)F)cc1OC. The van der Waals surface area contributed by atoms with Crippen molar-refractivity contribution in [3.63, 3.8) is 0 Å². The number of nitrogens with one attached hydrogen (secondary N) is 1. The molecule has 0 aliphatic rings. The van der Waals surface area contributed by atoms with Crippen LogP contribution in [-0.4, -0.2) is 20.1 Å². The molecule has 0 aliphatic heterocycles. The number of anilines is 1. The number of hydrogen-bond acceptors (Lipinski definition) is 3. The molecule has 2 aromatic rings. The molecule has 0 bridgehead atoms. The van der Waals surface area contributed by atoms with Gasteiger partial charge in [0.25, 0.3) is 0 Å². The summed E-state index contributed by atoms with van der Waals surface area (Å²) in [6.45, 7) is 1.79. The third-order valence-electron chi connectivity index (χ3n) is 3.70. The first-order valence-electron chi connectivity index (χ1n) is 7.43. The van der Waals surface area contributed by atoms with Gasteiger partial charge in [0.05, 0.1) is 31.9 Å². The van der Waals surface area contributed by atoms with Crippen LogP contribution in [0.25, 0.3) is 0 Å². The van der Waals surface area contributed by atoms with Crippen molar-refractivity contribution in [3.8, 4) is 11.5 Å². The van der Waals surface area contributed by atoms with E-state index in [1.807, 2.05) is 0 Å². The Morgan fingerprint density at radius 1 is 1.08 bits per heavy atom. The predicted molar refractivity (Wildman–Crippen MR) is 88.1 cm³/mol. The van der Waals surface area contributed by atoms with E-state index in [0.717, 1.165) is 11.6 Å². The fourth-order valence-electron chi connectivity index (χ4n) is 2.42. The summed E-state index contributed by atoms with van der Waals surface area (Å²) in [6, 6.07) is 8.22. The lowest BCUT2D eigenvalue weighted by Gasteiger charge is -2.15. The van der Waals surface area contributed by atoms with E-state index < -0.39 is 17.6 Å². The van der Waals surface area contributed by atoms with Crippen LogP contribution in [0, 0.1) is 6.92 Å². The zero-order valence-electron chi connectivity index (χ0n) is 14.0. The van der Waals surface area contributed by atoms with Gasteiger partial charge in [0.2, 0.25) is 5.91 Å². The van der Waals surface area contributed by atoms with E-state index in [0.29, 0.717) is 17.1 Å². The van der Waals surface area contributed by atoms with Crippen molar-refractivity contribution in [1.29, 1.82) is 0 Å². The number of hydrogen-bond donors (Lipinski definition) is 1. The van der Waals surface area contributed by atoms with Crippen LogP contribution in [0.5, 0.6) is 11.5 Å². The molecule has 0 atom stereocenters. The Hall–Kier alpha value is -2.70. The Morgan fingerprint density at radius 3 is 2.28 bits per heavy atom. The molecule has 0 unspecified atom stereocenters. The largest absolute Gasteiger partial charge is 0.493 e. The topological polar surface area (TPSA) is 47.6 Å². The molecule has 0 spiro atoms. The van der Waals surface area contributed by atoms with Gasteiger partial charge in [-0.25, -0.2) is 0 Å². The van der Waals surface area contributed by atoms with Gasteiger partial charge in [-0.3, -0.25) is 4.79 Å². The Kier molecular flexibility index (Phi) is 5.56. The second-order valence-electron chi connectivity index (χ2n) is 5.40. The van der Waals surface area contributed by atoms with Crippen LogP contribution < -0.4 is 14.8 Å². The molecule has 0 saturated carbocycles. The smallest absolute Gasteiger partial charge is 0.418 e. The predicted octanol–water partition coefficient (Wildman–Crippen LogP) is 4.21. The molecule has 25 heavy (non-hydrogen) atoms. The third-order valence-corrected chi connectivity index (χ3v) is 3.70. The quantitative estimate of drug-likeness (QED) is 0.876. The molecule has 1 N–H and O–H groups in total. The Morgan fingerprint density at radius 2 is 1.68 bits per heavy atom. The standard InChI is InChI=1S/C18H18F3NO3/c1-11-8-15(24-2)16(25-3)9-12(11)10-17(23)22-14-7-5-4-6-13(14)18(19,20)21/h4-9H,10H2,1-3H3,(H,22,23). The van der Waals surface area contributed by atoms with Gasteiger partial charge in [-0.05, 0) is 42.3 Å². The molecule has 0 heterocycles. The van der Waals surface area contributed by atoms with Gasteiger partial charge in [0, 0.05) is 0 Å². The van der Waals surface area contributed by atoms with Crippen LogP contribution in [0.3, 0.4) is 0 Å². The van der Waals surface area contributed by atoms with Gasteiger partial charge in [-0.1, -0.05) is 12.1 Å². The summed E-state index contributed by atoms with van der Waals surface area (Å²) in [5, 5.41) is 2.33. The second-order valence-corrected chi connectivity index (χ2v) is 5.40. The number of carbonyl (C=O) groups is 1. The molecular weight excluding hydrogens is 335 g/mol. The molecular formula is C18H18F3NO3. The van der Waals surface area contributed by atoms with Gasteiger partial charge in [-0.15, -0.1) is 0 Å². The minimum Gasteiger partial charge on any atom is -0.493 e. The van der Waals surface area contributed by atoms with Crippen molar-refractivity contribution < 1.29 is 27.4 Å². The van der Waals surface area contributed by atoms with E-state index in [4.69, 9.17) is 9.47 Å². The molecule has 1 amide bonds. The highest BCUT2D eigenvalue weighted by Gasteiger charge is 2.33. The number of halogens is 3. The number of para-hydroxylation sites is 1. The maximum Gasteiger partial charge on any atom is 0.418 e. The summed E-state index contributed by atoms with van der Waals surface area (Å²) >= 11 is 0. The molecule has 0 aliphatic carbocycles. The summed E-state index contributed by atoms with van der Waals surface area (Å²) in [5.41, 5.74) is 0.266. The molecule has 2 rings (SSSR count). The molecule has 0 radical (unpaired) electrons. The van der Waals surface area contributed by atoms with E-state index in [1.165, 1.54) is 32.4 Å². The number of aryl methyl sites for hydroxylation is 1. The highest BCUT2D eigenvalue weighted by atomic mass is 19.4. The normalized spacial score (nSPS) is 11.1. The average molecular weight is 353 g/mol. The number of methoxy groups -OCH3 is 2. The van der Waals surface area contributed by atoms with E-state index in [9.17, 15) is 18.0 Å². The van der Waals surface area contributed by atoms with Crippen molar-refractivity contribution >= 4 is 11.6 Å². The highest BCUT2D eigenvalue weighted by molar-refractivity contribution is 5.93. The van der Waals surface area contributed by atoms with Crippen LogP contribution in [-0.2, 0) is 17.4 Å². The molecule has 4 nitrogen and oxygen atoms in total. The zero-order valence-corrected chi connectivity index (χ0v) is 14.0. The van der Waals surface area contributed by atoms with Crippen LogP contribution in [0.1, 0.15) is 16.7 Å². The number of alkyl halides is 3. The summed E-state index contributed by atoms with van der Waals surface area (Å²) in [4.78, 5) is 12.2. The summed E-state index contributed by atoms with van der Waals surface area (Å²) in [7, 11) is 2.97. The van der Waals surface area contributed by atoms with Crippen LogP contribution >= 0.6 is 0 Å². The first kappa shape index (κ1) is 18.6. The Balaban J connectivity index is 2.22. The summed E-state index contributed by atoms with van der Waals surface area (Å²) < 4.78 is 49.3. The average Bonchev–Trinajstić information content (AvgIpc) is 2.55. The molecule has 2 aromatic carbocycles. The maximum atomic E-state index is 13.0. The van der Waals surface area contributed by atoms with Gasteiger partial charge in [0.1, 0.15) is 0 Å². The molecule has 0 fully saturated rings. The third kappa shape index (κ3) is 4.43. The minimum atomic E-state index is -4.54. The van der Waals surface area contributed by atoms with Gasteiger partial charge in [-0.2, -0.15) is 13.2 Å². The van der Waals surface area contributed by atoms with Crippen molar-refractivity contribution in [2.75, 3.05) is 19.5 Å². The lowest BCUT2D eigenvalue weighted by atomic mass is 10.0. The number of rotatable bonds is 5. The number of amides is 1. The van der Waals surface area contributed by atoms with Crippen LogP contribution in [0.2, 0.25) is 0 Å². The minimum absolute atomic E-state index is 0.0849. The monoisotopic (exact) mass is 353 g/mol. The summed E-state index contributed by atoms with van der Waals surface area (Å²) in [6.07, 6.45) is -4.62. The molecule has 0 aromatic heterocycles. The molecule has 0 saturated heterocycles. The fraction of sp³-hybridized carbons (Fsp3) is 0.278. The van der Waals surface area contributed by atoms with Crippen LogP contribution in [0.4, 0.5) is 18.9 Å². The Bertz CT molecular complexity index is 773. The second kappa shape index (κ2) is 7.46. The van der Waals surface area contributed by atoms with Gasteiger partial charge < -0.3 is 14.8 Å². The first-order valence-corrected chi connectivity index (χ1v) is 7.43. The van der Waals surface area contributed by atoms with Crippen molar-refractivity contribution in [2.24, 2.45) is 0 Å². The zero-order chi connectivity index (χ0) is 18.6. The van der Waals surface area contributed by atoms with E-state index in [-0.39, 0.29) is 12.1 Å².